The second-order valence-electron chi connectivity index (χ2n) is 4.70. The molecule has 7 heteroatoms. The quantitative estimate of drug-likeness (QED) is 0.356. The largest absolute Gasteiger partial charge is 0.402 e. The Morgan fingerprint density at radius 1 is 1.17 bits per heavy atom. The predicted octanol–water partition coefficient (Wildman–Crippen LogP) is 3.70. The minimum absolute atomic E-state index is 0.0384. The van der Waals surface area contributed by atoms with Gasteiger partial charge in [-0.1, -0.05) is 28.1 Å². The molecule has 0 spiro atoms. The normalized spacial score (nSPS) is 15.4. The maximum Gasteiger partial charge on any atom is 0.363 e. The molecule has 0 saturated carbocycles. The third kappa shape index (κ3) is 3.35. The standard InChI is InChI=1S/C16H9BrN2O4/c17-12-3-1-2-10(8-12)9-14-16(20)23-15(18-14)11-4-6-13(7-5-11)19(21)22/h1-9H. The van der Waals surface area contributed by atoms with Crippen LogP contribution >= 0.6 is 15.9 Å². The SMILES string of the molecule is O=C1OC(c2ccc([N+](=O)[O-])cc2)=NC1=Cc1cccc(Br)c1. The van der Waals surface area contributed by atoms with E-state index in [1.807, 2.05) is 24.3 Å². The number of cyclic esters (lactones) is 1. The van der Waals surface area contributed by atoms with E-state index in [-0.39, 0.29) is 17.3 Å². The highest BCUT2D eigenvalue weighted by molar-refractivity contribution is 9.10. The van der Waals surface area contributed by atoms with Gasteiger partial charge in [-0.15, -0.1) is 0 Å². The Kier molecular flexibility index (Phi) is 4.03. The van der Waals surface area contributed by atoms with Crippen LogP contribution < -0.4 is 0 Å². The number of non-ortho nitro benzene ring substituents is 1. The molecule has 1 aliphatic rings. The Morgan fingerprint density at radius 2 is 1.91 bits per heavy atom. The first kappa shape index (κ1) is 15.1. The van der Waals surface area contributed by atoms with E-state index in [4.69, 9.17) is 4.74 Å². The van der Waals surface area contributed by atoms with Crippen molar-refractivity contribution in [3.8, 4) is 0 Å². The molecule has 2 aromatic carbocycles. The van der Waals surface area contributed by atoms with Crippen LogP contribution in [0.5, 0.6) is 0 Å². The second-order valence-corrected chi connectivity index (χ2v) is 5.61. The zero-order chi connectivity index (χ0) is 16.4. The van der Waals surface area contributed by atoms with Gasteiger partial charge < -0.3 is 4.74 Å². The first-order valence-electron chi connectivity index (χ1n) is 6.56. The van der Waals surface area contributed by atoms with E-state index in [0.29, 0.717) is 5.56 Å². The van der Waals surface area contributed by atoms with Crippen molar-refractivity contribution in [3.05, 3.63) is 79.9 Å². The van der Waals surface area contributed by atoms with Crippen molar-refractivity contribution in [2.75, 3.05) is 0 Å². The van der Waals surface area contributed by atoms with Crippen molar-refractivity contribution in [2.45, 2.75) is 0 Å². The fraction of sp³-hybridized carbons (Fsp3) is 0. The van der Waals surface area contributed by atoms with Gasteiger partial charge in [-0.05, 0) is 35.9 Å². The molecule has 0 bridgehead atoms. The molecule has 0 aliphatic carbocycles. The van der Waals surface area contributed by atoms with Crippen LogP contribution in [0.4, 0.5) is 5.69 Å². The molecule has 0 amide bonds. The number of carbonyl (C=O) groups excluding carboxylic acids is 1. The average Bonchev–Trinajstić information content (AvgIpc) is 2.88. The molecule has 114 valence electrons. The maximum atomic E-state index is 11.9. The van der Waals surface area contributed by atoms with Gasteiger partial charge in [-0.2, -0.15) is 0 Å². The number of hydrogen-bond donors (Lipinski definition) is 0. The Hall–Kier alpha value is -2.80. The van der Waals surface area contributed by atoms with Crippen molar-refractivity contribution in [1.82, 2.24) is 0 Å². The number of ether oxygens (including phenoxy) is 1. The average molecular weight is 373 g/mol. The van der Waals surface area contributed by atoms with Gasteiger partial charge in [0.15, 0.2) is 5.70 Å². The summed E-state index contributed by atoms with van der Waals surface area (Å²) in [4.78, 5) is 26.2. The fourth-order valence-corrected chi connectivity index (χ4v) is 2.43. The number of carbonyl (C=O) groups is 1. The highest BCUT2D eigenvalue weighted by atomic mass is 79.9. The summed E-state index contributed by atoms with van der Waals surface area (Å²) in [5.74, 6) is -0.426. The van der Waals surface area contributed by atoms with Crippen LogP contribution in [0, 0.1) is 10.1 Å². The van der Waals surface area contributed by atoms with E-state index < -0.39 is 10.9 Å². The van der Waals surface area contributed by atoms with E-state index in [9.17, 15) is 14.9 Å². The predicted molar refractivity (Wildman–Crippen MR) is 87.8 cm³/mol. The van der Waals surface area contributed by atoms with Crippen molar-refractivity contribution < 1.29 is 14.5 Å². The topological polar surface area (TPSA) is 81.8 Å². The van der Waals surface area contributed by atoms with Crippen LogP contribution in [0.25, 0.3) is 6.08 Å². The van der Waals surface area contributed by atoms with Gasteiger partial charge in [0.2, 0.25) is 5.90 Å². The van der Waals surface area contributed by atoms with Gasteiger partial charge >= 0.3 is 5.97 Å². The minimum Gasteiger partial charge on any atom is -0.402 e. The number of esters is 1. The van der Waals surface area contributed by atoms with Crippen LogP contribution in [0.1, 0.15) is 11.1 Å². The van der Waals surface area contributed by atoms with E-state index >= 15 is 0 Å². The molecule has 23 heavy (non-hydrogen) atoms. The molecule has 1 heterocycles. The third-order valence-electron chi connectivity index (χ3n) is 3.10. The molecule has 6 nitrogen and oxygen atoms in total. The lowest BCUT2D eigenvalue weighted by Crippen LogP contribution is -2.05. The van der Waals surface area contributed by atoms with E-state index in [2.05, 4.69) is 20.9 Å². The Morgan fingerprint density at radius 3 is 2.57 bits per heavy atom. The van der Waals surface area contributed by atoms with Crippen LogP contribution in [-0.4, -0.2) is 16.8 Å². The summed E-state index contributed by atoms with van der Waals surface area (Å²) in [5.41, 5.74) is 1.45. The molecule has 1 aliphatic heterocycles. The Balaban J connectivity index is 1.90. The number of benzene rings is 2. The molecule has 0 unspecified atom stereocenters. The van der Waals surface area contributed by atoms with Gasteiger partial charge in [-0.3, -0.25) is 10.1 Å². The molecular weight excluding hydrogens is 364 g/mol. The molecular formula is C16H9BrN2O4. The molecule has 0 radical (unpaired) electrons. The maximum absolute atomic E-state index is 11.9. The summed E-state index contributed by atoms with van der Waals surface area (Å²) in [7, 11) is 0. The molecule has 0 fully saturated rings. The van der Waals surface area contributed by atoms with Gasteiger partial charge in [0.25, 0.3) is 5.69 Å². The Bertz CT molecular complexity index is 857. The Labute approximate surface area is 139 Å². The first-order valence-corrected chi connectivity index (χ1v) is 7.35. The van der Waals surface area contributed by atoms with Crippen molar-refractivity contribution in [2.24, 2.45) is 4.99 Å². The highest BCUT2D eigenvalue weighted by Crippen LogP contribution is 2.22. The highest BCUT2D eigenvalue weighted by Gasteiger charge is 2.24. The molecule has 0 saturated heterocycles. The van der Waals surface area contributed by atoms with Crippen LogP contribution in [0.15, 0.2) is 63.7 Å². The van der Waals surface area contributed by atoms with Gasteiger partial charge in [0.1, 0.15) is 0 Å². The third-order valence-corrected chi connectivity index (χ3v) is 3.59. The number of aliphatic imine (C=N–C) groups is 1. The molecule has 0 atom stereocenters. The number of nitro benzene ring substituents is 1. The number of nitrogens with zero attached hydrogens (tertiary/aromatic N) is 2. The molecule has 0 N–H and O–H groups in total. The summed E-state index contributed by atoms with van der Waals surface area (Å²) in [6.45, 7) is 0. The summed E-state index contributed by atoms with van der Waals surface area (Å²) in [6, 6.07) is 13.1. The molecule has 3 rings (SSSR count). The first-order chi connectivity index (χ1) is 11.0. The van der Waals surface area contributed by atoms with Gasteiger partial charge in [0, 0.05) is 22.2 Å². The zero-order valence-electron chi connectivity index (χ0n) is 11.6. The van der Waals surface area contributed by atoms with E-state index in [0.717, 1.165) is 10.0 Å². The van der Waals surface area contributed by atoms with Gasteiger partial charge in [0.05, 0.1) is 4.92 Å². The lowest BCUT2D eigenvalue weighted by Gasteiger charge is -1.98. The summed E-state index contributed by atoms with van der Waals surface area (Å²) in [5, 5.41) is 10.6. The summed E-state index contributed by atoms with van der Waals surface area (Å²) in [6.07, 6.45) is 1.62. The lowest BCUT2D eigenvalue weighted by molar-refractivity contribution is -0.384. The van der Waals surface area contributed by atoms with E-state index in [1.165, 1.54) is 24.3 Å². The number of nitro groups is 1. The number of hydrogen-bond acceptors (Lipinski definition) is 5. The van der Waals surface area contributed by atoms with Crippen molar-refractivity contribution in [1.29, 1.82) is 0 Å². The zero-order valence-corrected chi connectivity index (χ0v) is 13.2. The molecule has 2 aromatic rings. The van der Waals surface area contributed by atoms with Crippen molar-refractivity contribution in [3.63, 3.8) is 0 Å². The fourth-order valence-electron chi connectivity index (χ4n) is 2.01. The summed E-state index contributed by atoms with van der Waals surface area (Å²) >= 11 is 3.36. The smallest absolute Gasteiger partial charge is 0.363 e. The number of halogens is 1. The van der Waals surface area contributed by atoms with Gasteiger partial charge in [-0.25, -0.2) is 9.79 Å². The van der Waals surface area contributed by atoms with Crippen molar-refractivity contribution >= 4 is 39.6 Å². The lowest BCUT2D eigenvalue weighted by atomic mass is 10.2. The van der Waals surface area contributed by atoms with Crippen LogP contribution in [0.3, 0.4) is 0 Å². The minimum atomic E-state index is -0.557. The van der Waals surface area contributed by atoms with Crippen LogP contribution in [0.2, 0.25) is 0 Å². The van der Waals surface area contributed by atoms with Crippen LogP contribution in [-0.2, 0) is 9.53 Å². The van der Waals surface area contributed by atoms with E-state index in [1.54, 1.807) is 6.08 Å². The second kappa shape index (κ2) is 6.13. The number of rotatable bonds is 3. The summed E-state index contributed by atoms with van der Waals surface area (Å²) < 4.78 is 6.01. The monoisotopic (exact) mass is 372 g/mol. The molecule has 0 aromatic heterocycles.